The van der Waals surface area contributed by atoms with Gasteiger partial charge in [-0.3, -0.25) is 14.6 Å². The number of pyridine rings is 1. The van der Waals surface area contributed by atoms with E-state index in [0.717, 1.165) is 0 Å². The molecule has 7 nitrogen and oxygen atoms in total. The number of hydrogen-bond acceptors (Lipinski definition) is 6. The molecule has 168 valence electrons. The molecule has 2 heterocycles. The number of ketones is 1. The van der Waals surface area contributed by atoms with Gasteiger partial charge in [0.15, 0.2) is 12.4 Å². The molecule has 1 N–H and O–H groups in total. The number of hydrogen-bond donors (Lipinski definition) is 1. The van der Waals surface area contributed by atoms with Crippen molar-refractivity contribution in [2.75, 3.05) is 13.2 Å². The first kappa shape index (κ1) is 24.3. The van der Waals surface area contributed by atoms with E-state index in [1.165, 1.54) is 37.2 Å². The predicted molar refractivity (Wildman–Crippen MR) is 108 cm³/mol. The van der Waals surface area contributed by atoms with Gasteiger partial charge in [0.25, 0.3) is 5.91 Å². The van der Waals surface area contributed by atoms with Crippen molar-refractivity contribution in [3.05, 3.63) is 46.8 Å². The number of carbonyl (C=O) groups is 2. The lowest BCUT2D eigenvalue weighted by molar-refractivity contribution is -0.154. The zero-order valence-corrected chi connectivity index (χ0v) is 17.7. The molecule has 1 amide bonds. The second kappa shape index (κ2) is 9.01. The van der Waals surface area contributed by atoms with Crippen LogP contribution in [0.15, 0.2) is 40.7 Å². The Morgan fingerprint density at radius 2 is 2.10 bits per heavy atom. The van der Waals surface area contributed by atoms with Crippen LogP contribution in [0.2, 0.25) is 0 Å². The minimum atomic E-state index is -4.48. The van der Waals surface area contributed by atoms with Gasteiger partial charge in [0.05, 0.1) is 12.6 Å². The van der Waals surface area contributed by atoms with Crippen LogP contribution < -0.4 is 4.74 Å². The van der Waals surface area contributed by atoms with Crippen molar-refractivity contribution in [3.63, 3.8) is 0 Å². The number of amides is 1. The van der Waals surface area contributed by atoms with E-state index in [0.29, 0.717) is 11.1 Å². The van der Waals surface area contributed by atoms with Gasteiger partial charge in [-0.1, -0.05) is 0 Å². The van der Waals surface area contributed by atoms with Gasteiger partial charge in [0.2, 0.25) is 5.88 Å². The third-order valence-electron chi connectivity index (χ3n) is 4.70. The molecule has 1 aromatic rings. The molecule has 1 aliphatic rings. The van der Waals surface area contributed by atoms with Crippen LogP contribution in [0, 0.1) is 6.92 Å². The highest BCUT2D eigenvalue weighted by Gasteiger charge is 2.39. The Bertz CT molecular complexity index is 946. The van der Waals surface area contributed by atoms with Gasteiger partial charge < -0.3 is 14.7 Å². The van der Waals surface area contributed by atoms with Crippen molar-refractivity contribution in [3.8, 4) is 5.88 Å². The van der Waals surface area contributed by atoms with Gasteiger partial charge in [-0.25, -0.2) is 4.98 Å². The minimum Gasteiger partial charge on any atom is -0.468 e. The van der Waals surface area contributed by atoms with Crippen molar-refractivity contribution in [1.29, 1.82) is 0 Å². The second-order valence-corrected chi connectivity index (χ2v) is 7.68. The molecule has 31 heavy (non-hydrogen) atoms. The number of nitrogens with zero attached hydrogens (tertiary/aromatic N) is 3. The SMILES string of the molecule is C=N/C=C\C1=C(C(=O)C(C)(C)O)CN(C(C)c2cnc(OCC(F)(F)F)c(C)c2)C1=O. The highest BCUT2D eigenvalue weighted by atomic mass is 19.4. The summed E-state index contributed by atoms with van der Waals surface area (Å²) in [5.74, 6) is -1.20. The summed E-state index contributed by atoms with van der Waals surface area (Å²) < 4.78 is 41.8. The van der Waals surface area contributed by atoms with Crippen LogP contribution in [-0.2, 0) is 9.59 Å². The summed E-state index contributed by atoms with van der Waals surface area (Å²) in [7, 11) is 0. The van der Waals surface area contributed by atoms with E-state index < -0.39 is 36.1 Å². The van der Waals surface area contributed by atoms with Crippen LogP contribution in [0.5, 0.6) is 5.88 Å². The monoisotopic (exact) mass is 439 g/mol. The number of aliphatic imine (C=N–C) groups is 1. The zero-order chi connectivity index (χ0) is 23.6. The van der Waals surface area contributed by atoms with Crippen LogP contribution >= 0.6 is 0 Å². The Morgan fingerprint density at radius 1 is 1.45 bits per heavy atom. The van der Waals surface area contributed by atoms with Gasteiger partial charge in [-0.05, 0) is 52.1 Å². The number of alkyl halides is 3. The third-order valence-corrected chi connectivity index (χ3v) is 4.70. The van der Waals surface area contributed by atoms with Gasteiger partial charge in [0, 0.05) is 29.1 Å². The second-order valence-electron chi connectivity index (χ2n) is 7.68. The van der Waals surface area contributed by atoms with E-state index >= 15 is 0 Å². The molecule has 1 atom stereocenters. The van der Waals surface area contributed by atoms with Crippen LogP contribution in [0.3, 0.4) is 0 Å². The number of carbonyl (C=O) groups excluding carboxylic acids is 2. The summed E-state index contributed by atoms with van der Waals surface area (Å²) in [5, 5.41) is 10.1. The molecule has 0 fully saturated rings. The maximum atomic E-state index is 13.0. The number of ether oxygens (including phenoxy) is 1. The van der Waals surface area contributed by atoms with Gasteiger partial charge >= 0.3 is 6.18 Å². The molecule has 1 aromatic heterocycles. The molecular weight excluding hydrogens is 415 g/mol. The van der Waals surface area contributed by atoms with E-state index in [4.69, 9.17) is 4.74 Å². The summed E-state index contributed by atoms with van der Waals surface area (Å²) in [6, 6.07) is 1.02. The molecule has 1 aliphatic heterocycles. The molecule has 0 aliphatic carbocycles. The molecular formula is C21H24F3N3O4. The van der Waals surface area contributed by atoms with Gasteiger partial charge in [-0.2, -0.15) is 13.2 Å². The quantitative estimate of drug-likeness (QED) is 0.629. The number of rotatable bonds is 8. The fourth-order valence-electron chi connectivity index (χ4n) is 3.08. The summed E-state index contributed by atoms with van der Waals surface area (Å²) >= 11 is 0. The van der Waals surface area contributed by atoms with E-state index in [2.05, 4.69) is 16.7 Å². The van der Waals surface area contributed by atoms with Crippen molar-refractivity contribution >= 4 is 18.4 Å². The normalized spacial score (nSPS) is 16.3. The summed E-state index contributed by atoms with van der Waals surface area (Å²) in [6.07, 6.45) is -0.523. The van der Waals surface area contributed by atoms with E-state index in [1.54, 1.807) is 19.9 Å². The first-order valence-corrected chi connectivity index (χ1v) is 9.36. The molecule has 0 bridgehead atoms. The topological polar surface area (TPSA) is 92.1 Å². The number of aromatic nitrogens is 1. The van der Waals surface area contributed by atoms with Crippen molar-refractivity contribution in [2.45, 2.75) is 45.5 Å². The molecule has 1 unspecified atom stereocenters. The number of aryl methyl sites for hydroxylation is 1. The number of aliphatic hydroxyl groups is 1. The molecule has 0 aromatic carbocycles. The van der Waals surface area contributed by atoms with Crippen molar-refractivity contribution in [1.82, 2.24) is 9.88 Å². The maximum absolute atomic E-state index is 13.0. The highest BCUT2D eigenvalue weighted by Crippen LogP contribution is 2.33. The molecule has 0 saturated heterocycles. The maximum Gasteiger partial charge on any atom is 0.422 e. The lowest BCUT2D eigenvalue weighted by atomic mass is 9.94. The Hall–Kier alpha value is -3.01. The summed E-state index contributed by atoms with van der Waals surface area (Å²) in [5.41, 5.74) is -0.518. The average Bonchev–Trinajstić information content (AvgIpc) is 2.98. The van der Waals surface area contributed by atoms with Crippen molar-refractivity contribution in [2.24, 2.45) is 4.99 Å². The van der Waals surface area contributed by atoms with Crippen LogP contribution in [0.4, 0.5) is 13.2 Å². The summed E-state index contributed by atoms with van der Waals surface area (Å²) in [6.45, 7) is 7.71. The first-order chi connectivity index (χ1) is 14.3. The number of Topliss-reactive ketones (excluding diaryl/α,β-unsaturated/α-hetero) is 1. The van der Waals surface area contributed by atoms with Crippen molar-refractivity contribution < 1.29 is 32.6 Å². The Labute approximate surface area is 177 Å². The standard InChI is InChI=1S/C21H24F3N3O4/c1-12-8-14(9-26-18(12)31-11-21(22,23)24)13(2)27-10-16(17(28)20(3,4)30)15(19(27)29)6-7-25-5/h6-9,13,30H,5,10-11H2,1-4H3/b7-6-. The molecule has 0 saturated carbocycles. The van der Waals surface area contributed by atoms with Crippen LogP contribution in [0.1, 0.15) is 37.9 Å². The largest absolute Gasteiger partial charge is 0.468 e. The third kappa shape index (κ3) is 5.78. The lowest BCUT2D eigenvalue weighted by Gasteiger charge is -2.26. The minimum absolute atomic E-state index is 0.0506. The Balaban J connectivity index is 2.30. The van der Waals surface area contributed by atoms with Gasteiger partial charge in [-0.15, -0.1) is 0 Å². The molecule has 0 radical (unpaired) electrons. The fourth-order valence-corrected chi connectivity index (χ4v) is 3.08. The van der Waals surface area contributed by atoms with E-state index in [1.807, 2.05) is 0 Å². The molecule has 2 rings (SSSR count). The van der Waals surface area contributed by atoms with E-state index in [9.17, 15) is 27.9 Å². The Morgan fingerprint density at radius 3 is 2.61 bits per heavy atom. The smallest absolute Gasteiger partial charge is 0.422 e. The highest BCUT2D eigenvalue weighted by molar-refractivity contribution is 6.13. The number of halogens is 3. The molecule has 0 spiro atoms. The van der Waals surface area contributed by atoms with Crippen LogP contribution in [-0.4, -0.2) is 58.3 Å². The van der Waals surface area contributed by atoms with Gasteiger partial charge in [0.1, 0.15) is 5.60 Å². The Kier molecular flexibility index (Phi) is 7.05. The average molecular weight is 439 g/mol. The fraction of sp³-hybridized carbons (Fsp3) is 0.429. The first-order valence-electron chi connectivity index (χ1n) is 9.36. The summed E-state index contributed by atoms with van der Waals surface area (Å²) in [4.78, 5) is 34.6. The predicted octanol–water partition coefficient (Wildman–Crippen LogP) is 3.09. The molecule has 10 heteroatoms. The zero-order valence-electron chi connectivity index (χ0n) is 17.7. The van der Waals surface area contributed by atoms with Crippen LogP contribution in [0.25, 0.3) is 0 Å². The van der Waals surface area contributed by atoms with E-state index in [-0.39, 0.29) is 23.6 Å². The lowest BCUT2D eigenvalue weighted by Crippen LogP contribution is -2.35.